The van der Waals surface area contributed by atoms with Gasteiger partial charge in [-0.25, -0.2) is 9.18 Å². The molecule has 4 rings (SSSR count). The molecule has 1 fully saturated rings. The molecule has 1 atom stereocenters. The molecule has 3 aromatic rings. The van der Waals surface area contributed by atoms with Gasteiger partial charge >= 0.3 is 12.2 Å². The zero-order valence-corrected chi connectivity index (χ0v) is 20.2. The molecule has 1 saturated heterocycles. The number of rotatable bonds is 5. The van der Waals surface area contributed by atoms with E-state index in [2.05, 4.69) is 10.3 Å². The quantitative estimate of drug-likeness (QED) is 0.370. The average Bonchev–Trinajstić information content (AvgIpc) is 3.14. The monoisotopic (exact) mass is 519 g/mol. The molecule has 0 saturated carbocycles. The molecule has 1 aliphatic rings. The molecule has 36 heavy (non-hydrogen) atoms. The summed E-state index contributed by atoms with van der Waals surface area (Å²) >= 11 is 6.06. The van der Waals surface area contributed by atoms with Gasteiger partial charge in [-0.2, -0.15) is 13.2 Å². The van der Waals surface area contributed by atoms with Crippen molar-refractivity contribution in [3.63, 3.8) is 0 Å². The maximum Gasteiger partial charge on any atom is 0.416 e. The fourth-order valence-electron chi connectivity index (χ4n) is 4.59. The summed E-state index contributed by atoms with van der Waals surface area (Å²) < 4.78 is 55.9. The summed E-state index contributed by atoms with van der Waals surface area (Å²) in [6.45, 7) is 1.05. The minimum absolute atomic E-state index is 0.0444. The van der Waals surface area contributed by atoms with E-state index in [0.717, 1.165) is 43.4 Å². The largest absolute Gasteiger partial charge is 0.416 e. The summed E-state index contributed by atoms with van der Waals surface area (Å²) in [5.41, 5.74) is -1.83. The molecule has 190 valence electrons. The lowest BCUT2D eigenvalue weighted by Crippen LogP contribution is -2.54. The van der Waals surface area contributed by atoms with Crippen molar-refractivity contribution >= 4 is 17.6 Å². The van der Waals surface area contributed by atoms with E-state index in [1.165, 1.54) is 6.20 Å². The molecule has 1 aliphatic heterocycles. The molecule has 0 aliphatic carbocycles. The van der Waals surface area contributed by atoms with Gasteiger partial charge in [-0.3, -0.25) is 4.98 Å². The van der Waals surface area contributed by atoms with Crippen molar-refractivity contribution in [2.45, 2.75) is 43.8 Å². The topological polar surface area (TPSA) is 45.2 Å². The second-order valence-corrected chi connectivity index (χ2v) is 9.42. The smallest absolute Gasteiger partial charge is 0.325 e. The van der Waals surface area contributed by atoms with Crippen LogP contribution in [0.15, 0.2) is 66.9 Å². The highest BCUT2D eigenvalue weighted by Crippen LogP contribution is 2.38. The molecule has 0 bridgehead atoms. The van der Waals surface area contributed by atoms with Crippen LogP contribution in [0.4, 0.5) is 22.4 Å². The van der Waals surface area contributed by atoms with Gasteiger partial charge in [0.05, 0.1) is 16.3 Å². The molecular formula is C27H26ClF4N3O. The van der Waals surface area contributed by atoms with Gasteiger partial charge in [0.2, 0.25) is 0 Å². The molecule has 1 aromatic heterocycles. The Hall–Kier alpha value is -3.13. The number of nitrogens with zero attached hydrogens (tertiary/aromatic N) is 2. The number of pyridine rings is 1. The van der Waals surface area contributed by atoms with Crippen LogP contribution in [0.25, 0.3) is 0 Å². The highest BCUT2D eigenvalue weighted by Gasteiger charge is 2.41. The van der Waals surface area contributed by atoms with Crippen molar-refractivity contribution in [2.24, 2.45) is 0 Å². The lowest BCUT2D eigenvalue weighted by Gasteiger charge is -2.37. The maximum atomic E-state index is 14.7. The summed E-state index contributed by atoms with van der Waals surface area (Å²) in [6.07, 6.45) is 0.277. The van der Waals surface area contributed by atoms with E-state index in [4.69, 9.17) is 11.6 Å². The van der Waals surface area contributed by atoms with Crippen LogP contribution in [0.2, 0.25) is 5.02 Å². The Morgan fingerprint density at radius 1 is 0.944 bits per heavy atom. The van der Waals surface area contributed by atoms with E-state index in [1.54, 1.807) is 41.3 Å². The SMILES string of the molecule is O=C(N[C@](Cc1ccccc1)(c1cc(F)cc(C(F)(F)F)c1)c1ccc(Cl)cn1)N1CCCCCC1. The summed E-state index contributed by atoms with van der Waals surface area (Å²) in [4.78, 5) is 19.6. The lowest BCUT2D eigenvalue weighted by atomic mass is 9.79. The van der Waals surface area contributed by atoms with Crippen LogP contribution in [-0.2, 0) is 18.1 Å². The first-order valence-corrected chi connectivity index (χ1v) is 12.2. The summed E-state index contributed by atoms with van der Waals surface area (Å²) in [5.74, 6) is -1.06. The Kier molecular flexibility index (Phi) is 7.83. The standard InChI is InChI=1S/C27H26ClF4N3O/c28-22-10-11-24(33-18-22)26(17-19-8-4-3-5-9-19,34-25(36)35-12-6-1-2-7-13-35)20-14-21(27(30,31)32)16-23(29)15-20/h3-5,8-11,14-16,18H,1-2,6-7,12-13,17H2,(H,34,36)/t26-/m1/s1. The minimum Gasteiger partial charge on any atom is -0.325 e. The fraction of sp³-hybridized carbons (Fsp3) is 0.333. The highest BCUT2D eigenvalue weighted by molar-refractivity contribution is 6.30. The molecular weight excluding hydrogens is 494 g/mol. The third-order valence-electron chi connectivity index (χ3n) is 6.41. The second-order valence-electron chi connectivity index (χ2n) is 8.99. The van der Waals surface area contributed by atoms with Crippen LogP contribution < -0.4 is 5.32 Å². The third-order valence-corrected chi connectivity index (χ3v) is 6.63. The van der Waals surface area contributed by atoms with E-state index in [0.29, 0.717) is 24.2 Å². The molecule has 0 radical (unpaired) electrons. The van der Waals surface area contributed by atoms with Gasteiger partial charge in [-0.15, -0.1) is 0 Å². The first-order valence-electron chi connectivity index (χ1n) is 11.8. The molecule has 2 aromatic carbocycles. The highest BCUT2D eigenvalue weighted by atomic mass is 35.5. The van der Waals surface area contributed by atoms with Crippen LogP contribution in [0.1, 0.15) is 48.1 Å². The Labute approximate surface area is 212 Å². The number of halogens is 5. The number of aromatic nitrogens is 1. The minimum atomic E-state index is -4.78. The van der Waals surface area contributed by atoms with Gasteiger partial charge in [-0.05, 0) is 54.3 Å². The van der Waals surface area contributed by atoms with E-state index < -0.39 is 29.1 Å². The zero-order valence-electron chi connectivity index (χ0n) is 19.5. The molecule has 2 heterocycles. The van der Waals surface area contributed by atoms with Crippen molar-refractivity contribution in [1.29, 1.82) is 0 Å². The zero-order chi connectivity index (χ0) is 25.8. The lowest BCUT2D eigenvalue weighted by molar-refractivity contribution is -0.137. The van der Waals surface area contributed by atoms with Crippen LogP contribution in [-0.4, -0.2) is 29.0 Å². The van der Waals surface area contributed by atoms with Gasteiger partial charge in [0.1, 0.15) is 11.4 Å². The number of hydrogen-bond donors (Lipinski definition) is 1. The third kappa shape index (κ3) is 5.98. The van der Waals surface area contributed by atoms with Gasteiger partial charge < -0.3 is 10.2 Å². The van der Waals surface area contributed by atoms with Crippen molar-refractivity contribution < 1.29 is 22.4 Å². The predicted octanol–water partition coefficient (Wildman–Crippen LogP) is 6.96. The van der Waals surface area contributed by atoms with E-state index >= 15 is 0 Å². The van der Waals surface area contributed by atoms with Gasteiger partial charge in [0.25, 0.3) is 0 Å². The number of likely N-dealkylation sites (tertiary alicyclic amines) is 1. The number of hydrogen-bond acceptors (Lipinski definition) is 2. The van der Waals surface area contributed by atoms with Crippen LogP contribution in [0, 0.1) is 5.82 Å². The molecule has 2 amide bonds. The van der Waals surface area contributed by atoms with Gasteiger partial charge in [0, 0.05) is 25.7 Å². The first kappa shape index (κ1) is 25.9. The Morgan fingerprint density at radius 2 is 1.61 bits per heavy atom. The number of carbonyl (C=O) groups excluding carboxylic acids is 1. The normalized spacial score (nSPS) is 16.2. The number of urea groups is 1. The summed E-state index contributed by atoms with van der Waals surface area (Å²) in [6, 6.07) is 14.0. The van der Waals surface area contributed by atoms with E-state index in [-0.39, 0.29) is 17.7 Å². The first-order chi connectivity index (χ1) is 17.2. The molecule has 0 unspecified atom stereocenters. The average molecular weight is 520 g/mol. The fourth-order valence-corrected chi connectivity index (χ4v) is 4.70. The number of carbonyl (C=O) groups is 1. The van der Waals surface area contributed by atoms with Crippen LogP contribution in [0.3, 0.4) is 0 Å². The molecule has 9 heteroatoms. The predicted molar refractivity (Wildman–Crippen MR) is 130 cm³/mol. The molecule has 1 N–H and O–H groups in total. The summed E-state index contributed by atoms with van der Waals surface area (Å²) in [5, 5.41) is 3.30. The number of alkyl halides is 3. The molecule has 0 spiro atoms. The van der Waals surface area contributed by atoms with Crippen LogP contribution in [0.5, 0.6) is 0 Å². The van der Waals surface area contributed by atoms with Crippen molar-refractivity contribution in [2.75, 3.05) is 13.1 Å². The maximum absolute atomic E-state index is 14.7. The Balaban J connectivity index is 1.91. The van der Waals surface area contributed by atoms with Gasteiger partial charge in [0.15, 0.2) is 0 Å². The number of nitrogens with one attached hydrogen (secondary N) is 1. The number of benzene rings is 2. The Bertz CT molecular complexity index is 1180. The van der Waals surface area contributed by atoms with E-state index in [9.17, 15) is 22.4 Å². The van der Waals surface area contributed by atoms with Crippen molar-refractivity contribution in [3.8, 4) is 0 Å². The van der Waals surface area contributed by atoms with Gasteiger partial charge in [-0.1, -0.05) is 54.8 Å². The van der Waals surface area contributed by atoms with Crippen molar-refractivity contribution in [3.05, 3.63) is 100 Å². The number of amides is 2. The molecule has 4 nitrogen and oxygen atoms in total. The Morgan fingerprint density at radius 3 is 2.22 bits per heavy atom. The second kappa shape index (κ2) is 10.9. The van der Waals surface area contributed by atoms with Crippen molar-refractivity contribution in [1.82, 2.24) is 15.2 Å². The van der Waals surface area contributed by atoms with E-state index in [1.807, 2.05) is 6.07 Å². The van der Waals surface area contributed by atoms with Crippen LogP contribution >= 0.6 is 11.6 Å². The summed E-state index contributed by atoms with van der Waals surface area (Å²) in [7, 11) is 0.